The van der Waals surface area contributed by atoms with Crippen LogP contribution in [0, 0.1) is 0 Å². The Labute approximate surface area is 246 Å². The summed E-state index contributed by atoms with van der Waals surface area (Å²) in [6.07, 6.45) is 0. The fourth-order valence-electron chi connectivity index (χ4n) is 6.63. The lowest BCUT2D eigenvalue weighted by Gasteiger charge is -2.10. The molecule has 0 N–H and O–H groups in total. The molecule has 0 aliphatic carbocycles. The van der Waals surface area contributed by atoms with Crippen LogP contribution in [0.4, 0.5) is 0 Å². The van der Waals surface area contributed by atoms with Gasteiger partial charge in [0.05, 0.1) is 24.8 Å². The molecule has 2 nitrogen and oxygen atoms in total. The van der Waals surface area contributed by atoms with Gasteiger partial charge in [-0.3, -0.25) is 0 Å². The van der Waals surface area contributed by atoms with E-state index in [2.05, 4.69) is 124 Å². The third kappa shape index (κ3) is 3.39. The minimum Gasteiger partial charge on any atom is -0.309 e. The Morgan fingerprint density at radius 1 is 0.357 bits per heavy atom. The Kier molecular flexibility index (Phi) is 4.52. The van der Waals surface area contributed by atoms with Crippen LogP contribution in [0.1, 0.15) is 2.74 Å². The lowest BCUT2D eigenvalue weighted by atomic mass is 10.0. The third-order valence-electron chi connectivity index (χ3n) is 8.56. The quantitative estimate of drug-likeness (QED) is 0.213. The van der Waals surface area contributed by atoms with Gasteiger partial charge in [0, 0.05) is 32.9 Å². The molecule has 0 aliphatic heterocycles. The summed E-state index contributed by atoms with van der Waals surface area (Å²) in [4.78, 5) is 0. The maximum absolute atomic E-state index is 8.42. The normalized spacial score (nSPS) is 12.5. The third-order valence-corrected chi connectivity index (χ3v) is 8.56. The van der Waals surface area contributed by atoms with E-state index in [9.17, 15) is 0 Å². The molecule has 0 radical (unpaired) electrons. The van der Waals surface area contributed by atoms with Gasteiger partial charge in [-0.15, -0.1) is 0 Å². The molecule has 2 heterocycles. The first-order chi connectivity index (χ1) is 21.6. The molecule has 196 valence electrons. The van der Waals surface area contributed by atoms with E-state index in [-0.39, 0.29) is 0 Å². The van der Waals surface area contributed by atoms with Gasteiger partial charge in [0.2, 0.25) is 0 Å². The number of aromatic nitrogens is 2. The van der Waals surface area contributed by atoms with Gasteiger partial charge in [-0.05, 0) is 82.6 Å². The predicted octanol–water partition coefficient (Wildman–Crippen LogP) is 10.7. The molecule has 0 atom stereocenters. The zero-order valence-corrected chi connectivity index (χ0v) is 22.8. The first kappa shape index (κ1) is 21.2. The van der Waals surface area contributed by atoms with Crippen LogP contribution in [-0.2, 0) is 0 Å². The van der Waals surface area contributed by atoms with E-state index in [0.717, 1.165) is 66.1 Å². The van der Waals surface area contributed by atoms with Crippen molar-refractivity contribution in [2.75, 3.05) is 0 Å². The fraction of sp³-hybridized carbons (Fsp3) is 0. The van der Waals surface area contributed by atoms with E-state index in [0.29, 0.717) is 12.1 Å². The molecule has 0 bridgehead atoms. The maximum Gasteiger partial charge on any atom is 0.0623 e. The number of rotatable bonds is 3. The number of para-hydroxylation sites is 3. The van der Waals surface area contributed by atoms with Crippen molar-refractivity contribution in [3.05, 3.63) is 158 Å². The molecular formula is C40H26N2. The first-order valence-corrected chi connectivity index (χ1v) is 14.3. The largest absolute Gasteiger partial charge is 0.309 e. The van der Waals surface area contributed by atoms with Crippen molar-refractivity contribution < 1.29 is 2.74 Å². The summed E-state index contributed by atoms with van der Waals surface area (Å²) in [5.74, 6) is 0. The van der Waals surface area contributed by atoms with Gasteiger partial charge >= 0.3 is 0 Å². The van der Waals surface area contributed by atoms with Crippen molar-refractivity contribution in [3.8, 4) is 22.5 Å². The lowest BCUT2D eigenvalue weighted by molar-refractivity contribution is 1.18. The highest BCUT2D eigenvalue weighted by Crippen LogP contribution is 2.38. The van der Waals surface area contributed by atoms with Crippen LogP contribution in [0.5, 0.6) is 0 Å². The summed E-state index contributed by atoms with van der Waals surface area (Å²) < 4.78 is 21.4. The molecule has 9 aromatic rings. The summed E-state index contributed by atoms with van der Waals surface area (Å²) in [5, 5.41) is 6.82. The molecular weight excluding hydrogens is 508 g/mol. The van der Waals surface area contributed by atoms with E-state index >= 15 is 0 Å². The minimum atomic E-state index is 0.502. The van der Waals surface area contributed by atoms with Crippen LogP contribution in [0.25, 0.3) is 76.9 Å². The van der Waals surface area contributed by atoms with Gasteiger partial charge in [0.1, 0.15) is 0 Å². The average Bonchev–Trinajstić information content (AvgIpc) is 3.56. The van der Waals surface area contributed by atoms with Crippen molar-refractivity contribution in [1.82, 2.24) is 9.13 Å². The summed E-state index contributed by atoms with van der Waals surface area (Å²) in [7, 11) is 0. The van der Waals surface area contributed by atoms with Crippen LogP contribution in [0.15, 0.2) is 158 Å². The van der Waals surface area contributed by atoms with Gasteiger partial charge in [0.25, 0.3) is 0 Å². The van der Waals surface area contributed by atoms with Gasteiger partial charge in [0.15, 0.2) is 0 Å². The van der Waals surface area contributed by atoms with E-state index in [1.54, 1.807) is 0 Å². The molecule has 0 saturated carbocycles. The summed E-state index contributed by atoms with van der Waals surface area (Å²) in [5.41, 5.74) is 8.87. The van der Waals surface area contributed by atoms with Gasteiger partial charge in [-0.1, -0.05) is 97.0 Å². The topological polar surface area (TPSA) is 9.86 Å². The molecule has 0 saturated heterocycles. The van der Waals surface area contributed by atoms with Gasteiger partial charge in [-0.2, -0.15) is 0 Å². The molecule has 42 heavy (non-hydrogen) atoms. The molecule has 0 unspecified atom stereocenters. The SMILES string of the molecule is [2H]c1ccc2c(c1)c1cc(-c3ccc4c(c3)c3cc([2H])ccc3n4-c3ccc4ccccc4c3)ccc1n2-c1ccccc1. The molecule has 0 amide bonds. The Balaban J connectivity index is 1.27. The van der Waals surface area contributed by atoms with Crippen molar-refractivity contribution in [2.24, 2.45) is 0 Å². The second-order valence-corrected chi connectivity index (χ2v) is 10.9. The zero-order chi connectivity index (χ0) is 29.4. The van der Waals surface area contributed by atoms with Crippen molar-refractivity contribution in [2.45, 2.75) is 0 Å². The number of nitrogens with zero attached hydrogens (tertiary/aromatic N) is 2. The second kappa shape index (κ2) is 8.95. The minimum absolute atomic E-state index is 0.502. The van der Waals surface area contributed by atoms with Crippen LogP contribution in [-0.4, -0.2) is 9.13 Å². The molecule has 0 aliphatic rings. The van der Waals surface area contributed by atoms with Crippen LogP contribution in [0.2, 0.25) is 0 Å². The molecule has 2 heteroatoms. The Hall–Kier alpha value is -5.60. The number of hydrogen-bond donors (Lipinski definition) is 0. The summed E-state index contributed by atoms with van der Waals surface area (Å²) in [6.45, 7) is 0. The van der Waals surface area contributed by atoms with E-state index in [1.807, 2.05) is 30.3 Å². The molecule has 7 aromatic carbocycles. The van der Waals surface area contributed by atoms with Crippen LogP contribution < -0.4 is 0 Å². The molecule has 9 rings (SSSR count). The second-order valence-electron chi connectivity index (χ2n) is 10.9. The van der Waals surface area contributed by atoms with E-state index < -0.39 is 0 Å². The molecule has 0 fully saturated rings. The van der Waals surface area contributed by atoms with Crippen LogP contribution in [0.3, 0.4) is 0 Å². The fourth-order valence-corrected chi connectivity index (χ4v) is 6.63. The lowest BCUT2D eigenvalue weighted by Crippen LogP contribution is -1.93. The summed E-state index contributed by atoms with van der Waals surface area (Å²) in [6, 6.07) is 51.6. The standard InChI is InChI=1S/C40H26N2/c1-2-12-31(13-3-1)41-37-16-8-6-14-33(37)35-25-29(19-22-39(35)41)30-20-23-40-36(26-30)34-15-7-9-17-38(34)42(40)32-21-18-27-10-4-5-11-28(27)24-32/h1-26H/i6D,7D. The Morgan fingerprint density at radius 2 is 0.905 bits per heavy atom. The Morgan fingerprint density at radius 3 is 1.55 bits per heavy atom. The monoisotopic (exact) mass is 536 g/mol. The Bertz CT molecular complexity index is 2570. The highest BCUT2D eigenvalue weighted by molar-refractivity contribution is 6.12. The number of benzene rings is 7. The number of hydrogen-bond acceptors (Lipinski definition) is 0. The van der Waals surface area contributed by atoms with Crippen molar-refractivity contribution >= 4 is 54.4 Å². The predicted molar refractivity (Wildman–Crippen MR) is 178 cm³/mol. The molecule has 0 spiro atoms. The van der Waals surface area contributed by atoms with Crippen LogP contribution >= 0.6 is 0 Å². The zero-order valence-electron chi connectivity index (χ0n) is 24.8. The van der Waals surface area contributed by atoms with E-state index in [4.69, 9.17) is 2.74 Å². The molecule has 2 aromatic heterocycles. The number of fused-ring (bicyclic) bond motifs is 7. The van der Waals surface area contributed by atoms with Gasteiger partial charge < -0.3 is 9.13 Å². The highest BCUT2D eigenvalue weighted by atomic mass is 15.0. The van der Waals surface area contributed by atoms with E-state index in [1.165, 1.54) is 10.8 Å². The van der Waals surface area contributed by atoms with Crippen molar-refractivity contribution in [3.63, 3.8) is 0 Å². The first-order valence-electron chi connectivity index (χ1n) is 15.3. The van der Waals surface area contributed by atoms with Crippen molar-refractivity contribution in [1.29, 1.82) is 0 Å². The smallest absolute Gasteiger partial charge is 0.0623 e. The summed E-state index contributed by atoms with van der Waals surface area (Å²) >= 11 is 0. The maximum atomic E-state index is 8.42. The average molecular weight is 537 g/mol. The highest BCUT2D eigenvalue weighted by Gasteiger charge is 2.16. The van der Waals surface area contributed by atoms with Gasteiger partial charge in [-0.25, -0.2) is 0 Å².